The standard InChI is InChI=1S/C15H18FN5O3/c1-9(6-14(22)23)17-15(24)13(21-10(2)18-19-20-21)8-11-4-3-5-12(16)7-11/h3-5,7,9,13H,6,8H2,1-2H3,(H,17,24)(H,22,23). The van der Waals surface area contributed by atoms with Crippen molar-refractivity contribution in [3.63, 3.8) is 0 Å². The number of hydrogen-bond acceptors (Lipinski definition) is 5. The molecule has 8 nitrogen and oxygen atoms in total. The highest BCUT2D eigenvalue weighted by Gasteiger charge is 2.26. The van der Waals surface area contributed by atoms with Gasteiger partial charge in [-0.05, 0) is 42.0 Å². The van der Waals surface area contributed by atoms with E-state index in [2.05, 4.69) is 20.8 Å². The van der Waals surface area contributed by atoms with Crippen LogP contribution in [0.2, 0.25) is 0 Å². The average molecular weight is 335 g/mol. The number of aliphatic carboxylic acids is 1. The Balaban J connectivity index is 2.21. The van der Waals surface area contributed by atoms with Crippen LogP contribution in [0.5, 0.6) is 0 Å². The first-order valence-corrected chi connectivity index (χ1v) is 7.38. The number of carbonyl (C=O) groups excluding carboxylic acids is 1. The van der Waals surface area contributed by atoms with Crippen LogP contribution in [0.4, 0.5) is 4.39 Å². The predicted octanol–water partition coefficient (Wildman–Crippen LogP) is 0.884. The Kier molecular flexibility index (Phi) is 5.56. The number of nitrogens with zero attached hydrogens (tertiary/aromatic N) is 4. The molecule has 0 aliphatic rings. The number of hydrogen-bond donors (Lipinski definition) is 2. The molecule has 0 saturated heterocycles. The lowest BCUT2D eigenvalue weighted by atomic mass is 10.0. The summed E-state index contributed by atoms with van der Waals surface area (Å²) in [6.07, 6.45) is -0.0255. The fourth-order valence-corrected chi connectivity index (χ4v) is 2.36. The van der Waals surface area contributed by atoms with Gasteiger partial charge in [0, 0.05) is 12.5 Å². The Hall–Kier alpha value is -2.84. The predicted molar refractivity (Wildman–Crippen MR) is 81.6 cm³/mol. The Morgan fingerprint density at radius 1 is 1.42 bits per heavy atom. The molecule has 24 heavy (non-hydrogen) atoms. The van der Waals surface area contributed by atoms with Crippen molar-refractivity contribution >= 4 is 11.9 Å². The van der Waals surface area contributed by atoms with Gasteiger partial charge in [-0.1, -0.05) is 12.1 Å². The highest BCUT2D eigenvalue weighted by Crippen LogP contribution is 2.16. The molecule has 0 fully saturated rings. The quantitative estimate of drug-likeness (QED) is 0.777. The molecule has 0 aliphatic carbocycles. The molecule has 0 saturated carbocycles. The van der Waals surface area contributed by atoms with Crippen molar-refractivity contribution < 1.29 is 19.1 Å². The maximum Gasteiger partial charge on any atom is 0.305 e. The molecule has 2 N–H and O–H groups in total. The Morgan fingerprint density at radius 2 is 2.17 bits per heavy atom. The molecule has 128 valence electrons. The molecular weight excluding hydrogens is 317 g/mol. The van der Waals surface area contributed by atoms with E-state index in [-0.39, 0.29) is 12.8 Å². The number of rotatable bonds is 7. The van der Waals surface area contributed by atoms with Gasteiger partial charge in [0.2, 0.25) is 5.91 Å². The van der Waals surface area contributed by atoms with E-state index in [1.54, 1.807) is 26.0 Å². The van der Waals surface area contributed by atoms with E-state index in [1.807, 2.05) is 0 Å². The zero-order valence-electron chi connectivity index (χ0n) is 13.3. The summed E-state index contributed by atoms with van der Waals surface area (Å²) in [5, 5.41) is 22.5. The summed E-state index contributed by atoms with van der Waals surface area (Å²) in [5.41, 5.74) is 0.607. The van der Waals surface area contributed by atoms with Crippen molar-refractivity contribution in [3.8, 4) is 0 Å². The number of amides is 1. The number of aromatic nitrogens is 4. The van der Waals surface area contributed by atoms with Crippen LogP contribution in [0, 0.1) is 12.7 Å². The van der Waals surface area contributed by atoms with E-state index in [0.29, 0.717) is 11.4 Å². The topological polar surface area (TPSA) is 110 Å². The van der Waals surface area contributed by atoms with Gasteiger partial charge in [0.25, 0.3) is 0 Å². The van der Waals surface area contributed by atoms with E-state index in [0.717, 1.165) is 0 Å². The normalized spacial score (nSPS) is 13.3. The summed E-state index contributed by atoms with van der Waals surface area (Å²) < 4.78 is 14.7. The third kappa shape index (κ3) is 4.58. The first-order valence-electron chi connectivity index (χ1n) is 7.38. The van der Waals surface area contributed by atoms with Gasteiger partial charge >= 0.3 is 5.97 Å². The molecular formula is C15H18FN5O3. The molecule has 1 amide bonds. The van der Waals surface area contributed by atoms with Gasteiger partial charge in [-0.2, -0.15) is 0 Å². The molecule has 2 rings (SSSR count). The zero-order valence-corrected chi connectivity index (χ0v) is 13.3. The van der Waals surface area contributed by atoms with Crippen molar-refractivity contribution in [1.82, 2.24) is 25.5 Å². The number of nitrogens with one attached hydrogen (secondary N) is 1. The summed E-state index contributed by atoms with van der Waals surface area (Å²) in [6.45, 7) is 3.24. The molecule has 0 bridgehead atoms. The lowest BCUT2D eigenvalue weighted by molar-refractivity contribution is -0.137. The summed E-state index contributed by atoms with van der Waals surface area (Å²) in [6, 6.07) is 4.54. The second-order valence-corrected chi connectivity index (χ2v) is 5.53. The van der Waals surface area contributed by atoms with Crippen LogP contribution in [-0.4, -0.2) is 43.2 Å². The summed E-state index contributed by atoms with van der Waals surface area (Å²) in [4.78, 5) is 23.3. The van der Waals surface area contributed by atoms with Gasteiger partial charge in [0.05, 0.1) is 6.42 Å². The van der Waals surface area contributed by atoms with Crippen molar-refractivity contribution in [2.75, 3.05) is 0 Å². The van der Waals surface area contributed by atoms with E-state index >= 15 is 0 Å². The van der Waals surface area contributed by atoms with Crippen LogP contribution in [0.25, 0.3) is 0 Å². The fraction of sp³-hybridized carbons (Fsp3) is 0.400. The first kappa shape index (κ1) is 17.5. The molecule has 9 heteroatoms. The van der Waals surface area contributed by atoms with Gasteiger partial charge < -0.3 is 10.4 Å². The third-order valence-corrected chi connectivity index (χ3v) is 3.44. The number of carboxylic acid groups (broad SMARTS) is 1. The van der Waals surface area contributed by atoms with Crippen molar-refractivity contribution in [2.45, 2.75) is 38.8 Å². The largest absolute Gasteiger partial charge is 0.481 e. The fourth-order valence-electron chi connectivity index (χ4n) is 2.36. The van der Waals surface area contributed by atoms with E-state index in [4.69, 9.17) is 5.11 Å². The number of aryl methyl sites for hydroxylation is 1. The van der Waals surface area contributed by atoms with Gasteiger partial charge in [-0.15, -0.1) is 5.10 Å². The molecule has 2 unspecified atom stereocenters. The monoisotopic (exact) mass is 335 g/mol. The van der Waals surface area contributed by atoms with E-state index in [1.165, 1.54) is 16.8 Å². The van der Waals surface area contributed by atoms with Crippen LogP contribution in [0.15, 0.2) is 24.3 Å². The van der Waals surface area contributed by atoms with Crippen LogP contribution in [-0.2, 0) is 16.0 Å². The minimum atomic E-state index is -1.01. The van der Waals surface area contributed by atoms with Crippen LogP contribution < -0.4 is 5.32 Å². The lowest BCUT2D eigenvalue weighted by Gasteiger charge is -2.20. The minimum Gasteiger partial charge on any atom is -0.481 e. The van der Waals surface area contributed by atoms with Crippen molar-refractivity contribution in [2.24, 2.45) is 0 Å². The maximum absolute atomic E-state index is 13.4. The number of benzene rings is 1. The van der Waals surface area contributed by atoms with Gasteiger partial charge in [-0.25, -0.2) is 9.07 Å². The van der Waals surface area contributed by atoms with Crippen LogP contribution >= 0.6 is 0 Å². The Morgan fingerprint density at radius 3 is 2.75 bits per heavy atom. The van der Waals surface area contributed by atoms with Crippen LogP contribution in [0.3, 0.4) is 0 Å². The highest BCUT2D eigenvalue weighted by atomic mass is 19.1. The molecule has 2 atom stereocenters. The van der Waals surface area contributed by atoms with Crippen molar-refractivity contribution in [1.29, 1.82) is 0 Å². The SMILES string of the molecule is Cc1nnnn1C(Cc1cccc(F)c1)C(=O)NC(C)CC(=O)O. The summed E-state index contributed by atoms with van der Waals surface area (Å²) in [7, 11) is 0. The van der Waals surface area contributed by atoms with Gasteiger partial charge in [-0.3, -0.25) is 9.59 Å². The number of halogens is 1. The molecule has 0 radical (unpaired) electrons. The molecule has 1 heterocycles. The third-order valence-electron chi connectivity index (χ3n) is 3.44. The van der Waals surface area contributed by atoms with E-state index in [9.17, 15) is 14.0 Å². The number of carbonyl (C=O) groups is 2. The number of tetrazole rings is 1. The average Bonchev–Trinajstić information content (AvgIpc) is 2.89. The maximum atomic E-state index is 13.4. The summed E-state index contributed by atoms with van der Waals surface area (Å²) >= 11 is 0. The molecule has 0 aliphatic heterocycles. The molecule has 0 spiro atoms. The van der Waals surface area contributed by atoms with E-state index < -0.39 is 29.8 Å². The molecule has 2 aromatic rings. The minimum absolute atomic E-state index is 0.176. The molecule has 1 aromatic heterocycles. The summed E-state index contributed by atoms with van der Waals surface area (Å²) in [5.74, 6) is -1.41. The molecule has 1 aromatic carbocycles. The van der Waals surface area contributed by atoms with Gasteiger partial charge in [0.1, 0.15) is 17.7 Å². The second-order valence-electron chi connectivity index (χ2n) is 5.53. The zero-order chi connectivity index (χ0) is 17.7. The lowest BCUT2D eigenvalue weighted by Crippen LogP contribution is -2.40. The first-order chi connectivity index (χ1) is 11.4. The Bertz CT molecular complexity index is 733. The van der Waals surface area contributed by atoms with Crippen LogP contribution in [0.1, 0.15) is 30.8 Å². The van der Waals surface area contributed by atoms with Gasteiger partial charge in [0.15, 0.2) is 0 Å². The van der Waals surface area contributed by atoms with Crippen molar-refractivity contribution in [3.05, 3.63) is 41.5 Å². The Labute approximate surface area is 137 Å². The second kappa shape index (κ2) is 7.62. The smallest absolute Gasteiger partial charge is 0.305 e. The number of carboxylic acids is 1. The highest BCUT2D eigenvalue weighted by molar-refractivity contribution is 5.81.